The van der Waals surface area contributed by atoms with E-state index in [4.69, 9.17) is 37.4 Å². The Hall–Kier alpha value is -5.53. The molecule has 7 aromatic carbocycles. The molecule has 0 aliphatic carbocycles. The van der Waals surface area contributed by atoms with E-state index in [0.717, 1.165) is 98.1 Å². The van der Waals surface area contributed by atoms with E-state index in [2.05, 4.69) is 123 Å². The summed E-state index contributed by atoms with van der Waals surface area (Å²) in [5, 5.41) is 23.5. The highest BCUT2D eigenvalue weighted by Crippen LogP contribution is 2.28. The van der Waals surface area contributed by atoms with E-state index >= 15 is 0 Å². The van der Waals surface area contributed by atoms with Crippen molar-refractivity contribution in [3.63, 3.8) is 0 Å². The predicted octanol–water partition coefficient (Wildman–Crippen LogP) is 11.9. The van der Waals surface area contributed by atoms with E-state index in [1.54, 1.807) is 12.1 Å². The second-order valence-corrected chi connectivity index (χ2v) is 16.5. The first-order valence-electron chi connectivity index (χ1n) is 21.7. The van der Waals surface area contributed by atoms with Gasteiger partial charge in [-0.15, -0.1) is 0 Å². The average Bonchev–Trinajstić information content (AvgIpc) is 3.35. The Morgan fingerprint density at radius 1 is 0.422 bits per heavy atom. The molecule has 3 saturated heterocycles. The zero-order chi connectivity index (χ0) is 43.9. The van der Waals surface area contributed by atoms with Crippen LogP contribution in [0.2, 0.25) is 10.0 Å². The number of ether oxygens (including phenoxy) is 3. The summed E-state index contributed by atoms with van der Waals surface area (Å²) in [4.78, 5) is 0. The van der Waals surface area contributed by atoms with Crippen molar-refractivity contribution in [2.45, 2.75) is 18.3 Å². The molecule has 3 aliphatic heterocycles. The minimum atomic E-state index is -0.369. The van der Waals surface area contributed by atoms with Gasteiger partial charge in [-0.05, 0) is 118 Å². The minimum absolute atomic E-state index is 0.0834. The normalized spacial score (nSPS) is 18.4. The molecule has 3 aliphatic rings. The Bertz CT molecular complexity index is 2510. The van der Waals surface area contributed by atoms with Gasteiger partial charge < -0.3 is 46.1 Å². The van der Waals surface area contributed by atoms with Crippen LogP contribution >= 0.6 is 23.2 Å². The van der Waals surface area contributed by atoms with Gasteiger partial charge in [0.05, 0.1) is 43.8 Å². The van der Waals surface area contributed by atoms with Gasteiger partial charge in [0, 0.05) is 77.8 Å². The van der Waals surface area contributed by atoms with Crippen LogP contribution in [0, 0.1) is 5.82 Å². The van der Waals surface area contributed by atoms with Crippen molar-refractivity contribution in [2.75, 3.05) is 75.0 Å². The number of benzene rings is 7. The first kappa shape index (κ1) is 45.1. The van der Waals surface area contributed by atoms with Crippen molar-refractivity contribution < 1.29 is 18.6 Å². The van der Waals surface area contributed by atoms with Crippen molar-refractivity contribution in [3.8, 4) is 0 Å². The van der Waals surface area contributed by atoms with Gasteiger partial charge in [-0.3, -0.25) is 0 Å². The van der Waals surface area contributed by atoms with Gasteiger partial charge in [0.1, 0.15) is 5.82 Å². The van der Waals surface area contributed by atoms with E-state index in [-0.39, 0.29) is 24.1 Å². The maximum Gasteiger partial charge on any atom is 0.148 e. The number of fused-ring (bicyclic) bond motifs is 1. The maximum atomic E-state index is 13.7. The first-order chi connectivity index (χ1) is 31.4. The number of morpholine rings is 3. The van der Waals surface area contributed by atoms with Crippen molar-refractivity contribution in [2.24, 2.45) is 0 Å². The highest BCUT2D eigenvalue weighted by molar-refractivity contribution is 6.31. The molecule has 3 atom stereocenters. The van der Waals surface area contributed by atoms with Crippen LogP contribution in [-0.2, 0) is 14.2 Å². The lowest BCUT2D eigenvalue weighted by Gasteiger charge is -2.24. The third kappa shape index (κ3) is 13.0. The van der Waals surface area contributed by atoms with Crippen LogP contribution in [0.1, 0.15) is 35.0 Å². The summed E-state index contributed by atoms with van der Waals surface area (Å²) in [6.45, 7) is 7.63. The zero-order valence-corrected chi connectivity index (χ0v) is 37.0. The molecule has 10 rings (SSSR count). The summed E-state index contributed by atoms with van der Waals surface area (Å²) in [6.07, 6.45) is 0.409. The Balaban J connectivity index is 0.000000132. The van der Waals surface area contributed by atoms with Crippen LogP contribution in [0.3, 0.4) is 0 Å². The molecule has 3 fully saturated rings. The van der Waals surface area contributed by atoms with E-state index < -0.39 is 0 Å². The minimum Gasteiger partial charge on any atom is -0.371 e. The summed E-state index contributed by atoms with van der Waals surface area (Å²) in [7, 11) is 0. The number of hydrogen-bond acceptors (Lipinski definition) is 9. The van der Waals surface area contributed by atoms with Crippen LogP contribution in [0.5, 0.6) is 0 Å². The summed E-state index contributed by atoms with van der Waals surface area (Å²) < 4.78 is 31.0. The van der Waals surface area contributed by atoms with Crippen LogP contribution in [-0.4, -0.2) is 59.1 Å². The fourth-order valence-electron chi connectivity index (χ4n) is 7.56. The van der Waals surface area contributed by atoms with Crippen molar-refractivity contribution in [1.82, 2.24) is 16.0 Å². The largest absolute Gasteiger partial charge is 0.371 e. The van der Waals surface area contributed by atoms with Gasteiger partial charge in [0.15, 0.2) is 0 Å². The van der Waals surface area contributed by atoms with Gasteiger partial charge in [-0.1, -0.05) is 89.9 Å². The molecule has 9 nitrogen and oxygen atoms in total. The molecular formula is C52H53Cl2FN6O3. The molecule has 0 saturated carbocycles. The number of anilines is 6. The number of hydrogen-bond donors (Lipinski definition) is 6. The first-order valence-corrected chi connectivity index (χ1v) is 22.4. The smallest absolute Gasteiger partial charge is 0.148 e. The van der Waals surface area contributed by atoms with Crippen LogP contribution in [0.4, 0.5) is 38.5 Å². The van der Waals surface area contributed by atoms with Crippen molar-refractivity contribution in [1.29, 1.82) is 0 Å². The zero-order valence-electron chi connectivity index (χ0n) is 35.5. The highest BCUT2D eigenvalue weighted by Gasteiger charge is 2.17. The van der Waals surface area contributed by atoms with Crippen molar-refractivity contribution >= 4 is 68.1 Å². The molecule has 0 aromatic heterocycles. The second-order valence-electron chi connectivity index (χ2n) is 15.6. The van der Waals surface area contributed by atoms with E-state index in [9.17, 15) is 4.39 Å². The molecule has 7 aromatic rings. The quantitative estimate of drug-likeness (QED) is 0.0846. The fraction of sp³-hybridized carbons (Fsp3) is 0.231. The summed E-state index contributed by atoms with van der Waals surface area (Å²) >= 11 is 11.6. The third-order valence-electron chi connectivity index (χ3n) is 11.0. The van der Waals surface area contributed by atoms with Gasteiger partial charge in [0.25, 0.3) is 0 Å². The molecule has 0 spiro atoms. The SMILES string of the molecule is Clc1ccc(Nc2ccc(C3CNCCO3)cc2)cc1.Fc1cc(Cl)ccc1Nc1ccc([C@H]2CNCCO2)cc1.c1ccc2cc(Nc3ccc([C@H]4CNCCO4)cc3)ccc2c1. The van der Waals surface area contributed by atoms with E-state index in [0.29, 0.717) is 10.7 Å². The standard InChI is InChI=1S/C20H20N2O.C16H16ClFN2O.C16H17ClN2O/c1-2-4-17-13-19(10-5-15(17)3-1)22-18-8-6-16(7-9-18)20-14-21-11-12-23-20;17-12-3-6-15(14(18)9-12)20-13-4-1-11(2-5-13)16-10-19-7-8-21-16;17-13-3-7-15(8-4-13)19-14-5-1-12(2-6-14)16-11-18-9-10-20-16/h1-10,13,20-22H,11-12,14H2;1-6,9,16,19-20H,7-8,10H2;1-8,16,18-19H,9-11H2/t20-;16-;/m11./s1. The molecule has 64 heavy (non-hydrogen) atoms. The fourth-order valence-corrected chi connectivity index (χ4v) is 7.85. The van der Waals surface area contributed by atoms with Crippen LogP contribution in [0.25, 0.3) is 10.8 Å². The Kier molecular flexibility index (Phi) is 16.1. The number of nitrogens with one attached hydrogen (secondary N) is 6. The van der Waals surface area contributed by atoms with Gasteiger partial charge >= 0.3 is 0 Å². The van der Waals surface area contributed by atoms with Gasteiger partial charge in [-0.2, -0.15) is 0 Å². The molecule has 330 valence electrons. The van der Waals surface area contributed by atoms with Crippen LogP contribution < -0.4 is 31.9 Å². The molecular weight excluding hydrogens is 847 g/mol. The third-order valence-corrected chi connectivity index (χ3v) is 11.5. The molecule has 0 bridgehead atoms. The molecule has 3 heterocycles. The number of rotatable bonds is 9. The molecule has 12 heteroatoms. The second kappa shape index (κ2) is 22.9. The molecule has 0 amide bonds. The maximum absolute atomic E-state index is 13.7. The lowest BCUT2D eigenvalue weighted by molar-refractivity contribution is 0.0276. The summed E-state index contributed by atoms with van der Waals surface area (Å²) in [5.41, 5.74) is 9.05. The lowest BCUT2D eigenvalue weighted by Crippen LogP contribution is -2.33. The molecule has 1 unspecified atom stereocenters. The average molecular weight is 900 g/mol. The van der Waals surface area contributed by atoms with Gasteiger partial charge in [0.2, 0.25) is 0 Å². The van der Waals surface area contributed by atoms with E-state index in [1.807, 2.05) is 48.5 Å². The van der Waals surface area contributed by atoms with Gasteiger partial charge in [-0.25, -0.2) is 4.39 Å². The lowest BCUT2D eigenvalue weighted by atomic mass is 10.1. The highest BCUT2D eigenvalue weighted by atomic mass is 35.5. The summed E-state index contributed by atoms with van der Waals surface area (Å²) in [5.74, 6) is -0.369. The molecule has 0 radical (unpaired) electrons. The summed E-state index contributed by atoms with van der Waals surface area (Å²) in [6, 6.07) is 51.8. The topological polar surface area (TPSA) is 99.9 Å². The number of halogens is 3. The van der Waals surface area contributed by atoms with E-state index in [1.165, 1.54) is 28.0 Å². The Morgan fingerprint density at radius 2 is 0.828 bits per heavy atom. The molecule has 6 N–H and O–H groups in total. The van der Waals surface area contributed by atoms with Crippen molar-refractivity contribution in [3.05, 3.63) is 190 Å². The Morgan fingerprint density at radius 3 is 1.28 bits per heavy atom. The Labute approximate surface area is 384 Å². The predicted molar refractivity (Wildman–Crippen MR) is 261 cm³/mol. The monoisotopic (exact) mass is 898 g/mol. The van der Waals surface area contributed by atoms with Crippen LogP contribution in [0.15, 0.2) is 158 Å².